The molecule has 0 spiro atoms. The lowest BCUT2D eigenvalue weighted by Crippen LogP contribution is -2.24. The zero-order valence-corrected chi connectivity index (χ0v) is 10.9. The van der Waals surface area contributed by atoms with E-state index in [0.717, 1.165) is 5.52 Å². The molecule has 0 saturated heterocycles. The second-order valence-electron chi connectivity index (χ2n) is 4.36. The van der Waals surface area contributed by atoms with Gasteiger partial charge in [-0.05, 0) is 18.2 Å². The number of halogens is 1. The van der Waals surface area contributed by atoms with E-state index in [1.54, 1.807) is 24.0 Å². The molecule has 2 amide bonds. The van der Waals surface area contributed by atoms with Crippen molar-refractivity contribution in [3.8, 4) is 0 Å². The number of carbonyl (C=O) groups excluding carboxylic acids is 1. The number of rotatable bonds is 1. The van der Waals surface area contributed by atoms with E-state index >= 15 is 0 Å². The third-order valence-corrected chi connectivity index (χ3v) is 3.09. The smallest absolute Gasteiger partial charge is 0.320 e. The van der Waals surface area contributed by atoms with Crippen molar-refractivity contribution in [1.29, 1.82) is 0 Å². The minimum Gasteiger partial charge on any atom is -0.341 e. The van der Waals surface area contributed by atoms with Crippen LogP contribution >= 0.6 is 0 Å². The van der Waals surface area contributed by atoms with Gasteiger partial charge < -0.3 is 5.32 Å². The summed E-state index contributed by atoms with van der Waals surface area (Å²) in [6.45, 7) is 0. The summed E-state index contributed by atoms with van der Waals surface area (Å²) in [5.74, 6) is 0.0503. The molecule has 0 atom stereocenters. The van der Waals surface area contributed by atoms with E-state index in [4.69, 9.17) is 0 Å². The molecule has 0 saturated carbocycles. The largest absolute Gasteiger partial charge is 0.341 e. The molecule has 1 aromatic carbocycles. The number of anilines is 1. The normalized spacial score (nSPS) is 10.9. The second kappa shape index (κ2) is 4.44. The highest BCUT2D eigenvalue weighted by atomic mass is 19.1. The number of fused-ring (bicyclic) bond motifs is 3. The summed E-state index contributed by atoms with van der Waals surface area (Å²) in [4.78, 5) is 15.7. The van der Waals surface area contributed by atoms with Crippen LogP contribution in [0.25, 0.3) is 21.8 Å². The molecule has 0 bridgehead atoms. The number of pyridine rings is 1. The average molecular weight is 273 g/mol. The Bertz CT molecular complexity index is 826. The first-order valence-corrected chi connectivity index (χ1v) is 6.00. The maximum Gasteiger partial charge on any atom is 0.320 e. The molecular formula is C13H12FN5O. The monoisotopic (exact) mass is 273 g/mol. The van der Waals surface area contributed by atoms with Gasteiger partial charge in [0.25, 0.3) is 0 Å². The van der Waals surface area contributed by atoms with E-state index in [1.807, 2.05) is 0 Å². The van der Waals surface area contributed by atoms with Gasteiger partial charge in [0.15, 0.2) is 5.82 Å². The number of nitrogens with one attached hydrogen (secondary N) is 2. The molecule has 3 rings (SSSR count). The lowest BCUT2D eigenvalue weighted by atomic mass is 10.1. The summed E-state index contributed by atoms with van der Waals surface area (Å²) < 4.78 is 15.0. The molecule has 0 aliphatic carbocycles. The number of benzene rings is 1. The van der Waals surface area contributed by atoms with Crippen LogP contribution in [-0.2, 0) is 7.05 Å². The number of aryl methyl sites for hydroxylation is 1. The first kappa shape index (κ1) is 12.3. The summed E-state index contributed by atoms with van der Waals surface area (Å²) in [6.07, 6.45) is 1.62. The molecular weight excluding hydrogens is 261 g/mol. The van der Waals surface area contributed by atoms with E-state index < -0.39 is 0 Å². The summed E-state index contributed by atoms with van der Waals surface area (Å²) in [6, 6.07) is 4.02. The van der Waals surface area contributed by atoms with Crippen molar-refractivity contribution in [2.24, 2.45) is 7.05 Å². The highest BCUT2D eigenvalue weighted by Crippen LogP contribution is 2.28. The maximum atomic E-state index is 13.4. The molecule has 7 heteroatoms. The van der Waals surface area contributed by atoms with Gasteiger partial charge in [-0.1, -0.05) is 0 Å². The molecule has 0 radical (unpaired) electrons. The van der Waals surface area contributed by atoms with E-state index in [1.165, 1.54) is 19.2 Å². The van der Waals surface area contributed by atoms with Crippen LogP contribution in [0.5, 0.6) is 0 Å². The number of nitrogens with zero attached hydrogens (tertiary/aromatic N) is 3. The first-order chi connectivity index (χ1) is 9.60. The van der Waals surface area contributed by atoms with Gasteiger partial charge in [0.1, 0.15) is 5.82 Å². The maximum absolute atomic E-state index is 13.4. The lowest BCUT2D eigenvalue weighted by Gasteiger charge is -2.02. The Morgan fingerprint density at radius 2 is 2.15 bits per heavy atom. The van der Waals surface area contributed by atoms with Crippen molar-refractivity contribution in [1.82, 2.24) is 20.1 Å². The summed E-state index contributed by atoms with van der Waals surface area (Å²) in [7, 11) is 3.26. The molecule has 0 fully saturated rings. The van der Waals surface area contributed by atoms with Crippen LogP contribution in [-0.4, -0.2) is 27.8 Å². The molecule has 2 heterocycles. The van der Waals surface area contributed by atoms with Gasteiger partial charge in [0, 0.05) is 25.7 Å². The van der Waals surface area contributed by atoms with Crippen molar-refractivity contribution in [3.05, 3.63) is 30.2 Å². The molecule has 102 valence electrons. The number of urea groups is 1. The Hall–Kier alpha value is -2.70. The topological polar surface area (TPSA) is 71.8 Å². The van der Waals surface area contributed by atoms with Crippen molar-refractivity contribution in [3.63, 3.8) is 0 Å². The molecule has 0 aliphatic heterocycles. The molecule has 0 aliphatic rings. The fourth-order valence-corrected chi connectivity index (χ4v) is 2.19. The highest BCUT2D eigenvalue weighted by molar-refractivity contribution is 6.09. The zero-order chi connectivity index (χ0) is 14.3. The van der Waals surface area contributed by atoms with Crippen molar-refractivity contribution in [2.45, 2.75) is 0 Å². The van der Waals surface area contributed by atoms with Crippen LogP contribution in [0, 0.1) is 5.82 Å². The predicted molar refractivity (Wildman–Crippen MR) is 74.1 cm³/mol. The predicted octanol–water partition coefficient (Wildman–Crippen LogP) is 2.01. The van der Waals surface area contributed by atoms with Crippen LogP contribution in [0.3, 0.4) is 0 Å². The standard InChI is InChI=1S/C13H12FN5O/c1-15-13(20)17-12-9-6-16-10-4-3-7(14)5-8(10)11(9)19(2)18-12/h3-6H,1-2H3,(H2,15,17,18,20). The van der Waals surface area contributed by atoms with Crippen molar-refractivity contribution >= 4 is 33.7 Å². The molecule has 2 N–H and O–H groups in total. The third kappa shape index (κ3) is 1.83. The SMILES string of the molecule is CNC(=O)Nc1nn(C)c2c1cnc1ccc(F)cc12. The Morgan fingerprint density at radius 1 is 1.35 bits per heavy atom. The van der Waals surface area contributed by atoms with Crippen LogP contribution < -0.4 is 10.6 Å². The Balaban J connectivity index is 2.29. The molecule has 3 aromatic rings. The zero-order valence-electron chi connectivity index (χ0n) is 10.9. The van der Waals surface area contributed by atoms with Crippen LogP contribution in [0.2, 0.25) is 0 Å². The second-order valence-corrected chi connectivity index (χ2v) is 4.36. The summed E-state index contributed by atoms with van der Waals surface area (Å²) in [5.41, 5.74) is 1.40. The fraction of sp³-hybridized carbons (Fsp3) is 0.154. The molecule has 2 aromatic heterocycles. The Kier molecular flexibility index (Phi) is 2.74. The Morgan fingerprint density at radius 3 is 2.90 bits per heavy atom. The summed E-state index contributed by atoms with van der Waals surface area (Å²) >= 11 is 0. The quantitative estimate of drug-likeness (QED) is 0.712. The van der Waals surface area contributed by atoms with Crippen LogP contribution in [0.1, 0.15) is 0 Å². The average Bonchev–Trinajstić information content (AvgIpc) is 2.75. The van der Waals surface area contributed by atoms with Gasteiger partial charge in [-0.3, -0.25) is 15.0 Å². The Labute approximate surface area is 113 Å². The molecule has 6 nitrogen and oxygen atoms in total. The number of carbonyl (C=O) groups is 1. The first-order valence-electron chi connectivity index (χ1n) is 6.00. The third-order valence-electron chi connectivity index (χ3n) is 3.09. The molecule has 20 heavy (non-hydrogen) atoms. The van der Waals surface area contributed by atoms with E-state index in [2.05, 4.69) is 20.7 Å². The number of hydrogen-bond donors (Lipinski definition) is 2. The summed E-state index contributed by atoms with van der Waals surface area (Å²) in [5, 5.41) is 10.6. The van der Waals surface area contributed by atoms with E-state index in [0.29, 0.717) is 22.1 Å². The van der Waals surface area contributed by atoms with Gasteiger partial charge in [0.05, 0.1) is 16.4 Å². The minimum atomic E-state index is -0.371. The van der Waals surface area contributed by atoms with Gasteiger partial charge in [-0.25, -0.2) is 9.18 Å². The van der Waals surface area contributed by atoms with Crippen molar-refractivity contribution < 1.29 is 9.18 Å². The van der Waals surface area contributed by atoms with Gasteiger partial charge in [-0.15, -0.1) is 0 Å². The van der Waals surface area contributed by atoms with E-state index in [9.17, 15) is 9.18 Å². The number of hydrogen-bond acceptors (Lipinski definition) is 3. The fourth-order valence-electron chi connectivity index (χ4n) is 2.19. The highest BCUT2D eigenvalue weighted by Gasteiger charge is 2.14. The minimum absolute atomic E-state index is 0.339. The number of aromatic nitrogens is 3. The van der Waals surface area contributed by atoms with Gasteiger partial charge in [0.2, 0.25) is 0 Å². The van der Waals surface area contributed by atoms with E-state index in [-0.39, 0.29) is 11.8 Å². The van der Waals surface area contributed by atoms with Crippen molar-refractivity contribution in [2.75, 3.05) is 12.4 Å². The molecule has 0 unspecified atom stereocenters. The van der Waals surface area contributed by atoms with Crippen LogP contribution in [0.4, 0.5) is 15.0 Å². The van der Waals surface area contributed by atoms with Gasteiger partial charge >= 0.3 is 6.03 Å². The number of amides is 2. The van der Waals surface area contributed by atoms with Gasteiger partial charge in [-0.2, -0.15) is 5.10 Å². The lowest BCUT2D eigenvalue weighted by molar-refractivity contribution is 0.254. The van der Waals surface area contributed by atoms with Crippen LogP contribution in [0.15, 0.2) is 24.4 Å².